The first kappa shape index (κ1) is 9.96. The van der Waals surface area contributed by atoms with Gasteiger partial charge in [-0.25, -0.2) is 0 Å². The number of rotatable bonds is 5. The fourth-order valence-electron chi connectivity index (χ4n) is 1.16. The van der Waals surface area contributed by atoms with Gasteiger partial charge in [-0.2, -0.15) is 0 Å². The third kappa shape index (κ3) is 3.40. The molecule has 2 heteroatoms. The topological polar surface area (TPSA) is 32.3 Å². The van der Waals surface area contributed by atoms with Gasteiger partial charge in [0.1, 0.15) is 0 Å². The number of aliphatic hydroxyl groups is 1. The zero-order valence-corrected chi connectivity index (χ0v) is 7.66. The van der Waals surface area contributed by atoms with E-state index in [4.69, 9.17) is 5.11 Å². The van der Waals surface area contributed by atoms with Crippen LogP contribution >= 0.6 is 0 Å². The largest absolute Gasteiger partial charge is 0.392 e. The predicted octanol–water partition coefficient (Wildman–Crippen LogP) is 1.45. The third-order valence-corrected chi connectivity index (χ3v) is 1.79. The molecule has 0 bridgehead atoms. The lowest BCUT2D eigenvalue weighted by Gasteiger charge is -2.03. The summed E-state index contributed by atoms with van der Waals surface area (Å²) in [4.78, 5) is 0. The Kier molecular flexibility index (Phi) is 4.23. The van der Waals surface area contributed by atoms with E-state index >= 15 is 0 Å². The van der Waals surface area contributed by atoms with E-state index in [2.05, 4.69) is 11.9 Å². The first-order valence-corrected chi connectivity index (χ1v) is 4.37. The van der Waals surface area contributed by atoms with Gasteiger partial charge in [-0.3, -0.25) is 0 Å². The summed E-state index contributed by atoms with van der Waals surface area (Å²) in [6.07, 6.45) is 1.83. The Morgan fingerprint density at radius 2 is 2.15 bits per heavy atom. The summed E-state index contributed by atoms with van der Waals surface area (Å²) in [5.41, 5.74) is 2.14. The van der Waals surface area contributed by atoms with Gasteiger partial charge in [0.25, 0.3) is 0 Å². The first-order valence-electron chi connectivity index (χ1n) is 4.37. The molecule has 0 saturated carbocycles. The molecule has 13 heavy (non-hydrogen) atoms. The summed E-state index contributed by atoms with van der Waals surface area (Å²) in [5, 5.41) is 12.1. The van der Waals surface area contributed by atoms with Gasteiger partial charge in [0, 0.05) is 13.1 Å². The fourth-order valence-corrected chi connectivity index (χ4v) is 1.16. The summed E-state index contributed by atoms with van der Waals surface area (Å²) >= 11 is 0. The fraction of sp³-hybridized carbons (Fsp3) is 0.273. The lowest BCUT2D eigenvalue weighted by molar-refractivity contribution is 0.281. The van der Waals surface area contributed by atoms with Gasteiger partial charge in [-0.05, 0) is 11.1 Å². The molecule has 0 fully saturated rings. The normalized spacial score (nSPS) is 9.92. The van der Waals surface area contributed by atoms with Crippen LogP contribution in [0.4, 0.5) is 0 Å². The second-order valence-electron chi connectivity index (χ2n) is 2.90. The highest BCUT2D eigenvalue weighted by Gasteiger charge is 1.93. The number of hydrogen-bond acceptors (Lipinski definition) is 2. The highest BCUT2D eigenvalue weighted by Crippen LogP contribution is 2.04. The Hall–Kier alpha value is -1.12. The Morgan fingerprint density at radius 1 is 1.38 bits per heavy atom. The van der Waals surface area contributed by atoms with Gasteiger partial charge in [0.2, 0.25) is 0 Å². The maximum atomic E-state index is 8.90. The molecule has 70 valence electrons. The Balaban J connectivity index is 2.50. The highest BCUT2D eigenvalue weighted by molar-refractivity contribution is 5.22. The molecule has 0 saturated heterocycles. The number of benzene rings is 1. The van der Waals surface area contributed by atoms with Crippen molar-refractivity contribution in [1.29, 1.82) is 0 Å². The molecule has 1 aromatic carbocycles. The van der Waals surface area contributed by atoms with E-state index in [0.29, 0.717) is 0 Å². The van der Waals surface area contributed by atoms with Crippen LogP contribution in [0.5, 0.6) is 0 Å². The van der Waals surface area contributed by atoms with Crippen molar-refractivity contribution in [3.8, 4) is 0 Å². The summed E-state index contributed by atoms with van der Waals surface area (Å²) < 4.78 is 0. The molecule has 0 unspecified atom stereocenters. The van der Waals surface area contributed by atoms with Crippen LogP contribution in [-0.4, -0.2) is 11.7 Å². The van der Waals surface area contributed by atoms with Crippen LogP contribution in [0.3, 0.4) is 0 Å². The molecule has 0 aliphatic rings. The molecule has 0 aromatic heterocycles. The Bertz CT molecular complexity index is 271. The van der Waals surface area contributed by atoms with E-state index < -0.39 is 0 Å². The van der Waals surface area contributed by atoms with Crippen molar-refractivity contribution in [2.45, 2.75) is 13.2 Å². The summed E-state index contributed by atoms with van der Waals surface area (Å²) in [6, 6.07) is 7.90. The molecule has 0 spiro atoms. The molecule has 0 heterocycles. The van der Waals surface area contributed by atoms with Crippen molar-refractivity contribution in [3.63, 3.8) is 0 Å². The van der Waals surface area contributed by atoms with Crippen LogP contribution in [0.15, 0.2) is 36.9 Å². The average Bonchev–Trinajstić information content (AvgIpc) is 2.19. The van der Waals surface area contributed by atoms with E-state index in [1.54, 1.807) is 0 Å². The van der Waals surface area contributed by atoms with E-state index in [1.807, 2.05) is 30.3 Å². The molecular weight excluding hydrogens is 162 g/mol. The van der Waals surface area contributed by atoms with Crippen molar-refractivity contribution in [2.24, 2.45) is 0 Å². The van der Waals surface area contributed by atoms with Gasteiger partial charge < -0.3 is 10.4 Å². The minimum absolute atomic E-state index is 0.106. The van der Waals surface area contributed by atoms with Crippen LogP contribution in [0.25, 0.3) is 0 Å². The second-order valence-corrected chi connectivity index (χ2v) is 2.90. The molecule has 0 atom stereocenters. The summed E-state index contributed by atoms with van der Waals surface area (Å²) in [5.74, 6) is 0. The van der Waals surface area contributed by atoms with Gasteiger partial charge >= 0.3 is 0 Å². The molecule has 0 amide bonds. The van der Waals surface area contributed by atoms with E-state index in [9.17, 15) is 0 Å². The van der Waals surface area contributed by atoms with Crippen LogP contribution in [0.1, 0.15) is 11.1 Å². The molecule has 0 aliphatic carbocycles. The van der Waals surface area contributed by atoms with E-state index in [-0.39, 0.29) is 6.61 Å². The van der Waals surface area contributed by atoms with Crippen molar-refractivity contribution >= 4 is 0 Å². The minimum atomic E-state index is 0.106. The molecule has 1 rings (SSSR count). The molecule has 0 radical (unpaired) electrons. The standard InChI is InChI=1S/C11H15NO/c1-2-6-12-8-10-4-3-5-11(7-10)9-13/h2-5,7,12-13H,1,6,8-9H2. The lowest BCUT2D eigenvalue weighted by atomic mass is 10.1. The molecular formula is C11H15NO. The minimum Gasteiger partial charge on any atom is -0.392 e. The van der Waals surface area contributed by atoms with Crippen LogP contribution in [-0.2, 0) is 13.2 Å². The first-order chi connectivity index (χ1) is 6.36. The van der Waals surface area contributed by atoms with Gasteiger partial charge in [0.05, 0.1) is 6.61 Å². The Labute approximate surface area is 78.9 Å². The lowest BCUT2D eigenvalue weighted by Crippen LogP contribution is -2.12. The quantitative estimate of drug-likeness (QED) is 0.527. The van der Waals surface area contributed by atoms with Gasteiger partial charge in [0.15, 0.2) is 0 Å². The monoisotopic (exact) mass is 177 g/mol. The number of nitrogens with one attached hydrogen (secondary N) is 1. The molecule has 2 N–H and O–H groups in total. The van der Waals surface area contributed by atoms with E-state index in [0.717, 1.165) is 18.7 Å². The number of aliphatic hydroxyl groups excluding tert-OH is 1. The maximum absolute atomic E-state index is 8.90. The summed E-state index contributed by atoms with van der Waals surface area (Å²) in [6.45, 7) is 5.36. The third-order valence-electron chi connectivity index (χ3n) is 1.79. The zero-order chi connectivity index (χ0) is 9.52. The van der Waals surface area contributed by atoms with Crippen molar-refractivity contribution in [1.82, 2.24) is 5.32 Å². The number of hydrogen-bond donors (Lipinski definition) is 2. The smallest absolute Gasteiger partial charge is 0.0681 e. The van der Waals surface area contributed by atoms with Crippen molar-refractivity contribution in [2.75, 3.05) is 6.54 Å². The average molecular weight is 177 g/mol. The van der Waals surface area contributed by atoms with Crippen LogP contribution in [0.2, 0.25) is 0 Å². The summed E-state index contributed by atoms with van der Waals surface area (Å²) in [7, 11) is 0. The van der Waals surface area contributed by atoms with Crippen molar-refractivity contribution < 1.29 is 5.11 Å². The Morgan fingerprint density at radius 3 is 2.85 bits per heavy atom. The molecule has 2 nitrogen and oxygen atoms in total. The second kappa shape index (κ2) is 5.51. The van der Waals surface area contributed by atoms with Crippen LogP contribution in [0, 0.1) is 0 Å². The van der Waals surface area contributed by atoms with Crippen molar-refractivity contribution in [3.05, 3.63) is 48.0 Å². The van der Waals surface area contributed by atoms with E-state index in [1.165, 1.54) is 5.56 Å². The maximum Gasteiger partial charge on any atom is 0.0681 e. The highest BCUT2D eigenvalue weighted by atomic mass is 16.3. The zero-order valence-electron chi connectivity index (χ0n) is 7.66. The van der Waals surface area contributed by atoms with Gasteiger partial charge in [-0.15, -0.1) is 6.58 Å². The van der Waals surface area contributed by atoms with Gasteiger partial charge in [-0.1, -0.05) is 30.3 Å². The molecule has 1 aromatic rings. The SMILES string of the molecule is C=CCNCc1cccc(CO)c1. The van der Waals surface area contributed by atoms with Crippen LogP contribution < -0.4 is 5.32 Å². The predicted molar refractivity (Wildman–Crippen MR) is 54.3 cm³/mol. The molecule has 0 aliphatic heterocycles.